The molecule has 0 saturated carbocycles. The van der Waals surface area contributed by atoms with E-state index in [0.717, 1.165) is 12.0 Å². The van der Waals surface area contributed by atoms with Crippen LogP contribution in [0.25, 0.3) is 0 Å². The van der Waals surface area contributed by atoms with Crippen LogP contribution in [0.5, 0.6) is 0 Å². The minimum absolute atomic E-state index is 0.0988. The predicted octanol–water partition coefficient (Wildman–Crippen LogP) is 5.55. The Kier molecular flexibility index (Phi) is 7.15. The molecule has 3 aromatic carbocycles. The van der Waals surface area contributed by atoms with Gasteiger partial charge in [0.1, 0.15) is 0 Å². The number of nitrogens with zero attached hydrogens (tertiary/aromatic N) is 1. The first-order valence-electron chi connectivity index (χ1n) is 9.91. The molecule has 1 N–H and O–H groups in total. The molecule has 0 aliphatic carbocycles. The molecule has 0 aliphatic rings. The Morgan fingerprint density at radius 3 is 2.00 bits per heavy atom. The zero-order valence-corrected chi connectivity index (χ0v) is 18.9. The van der Waals surface area contributed by atoms with Crippen LogP contribution in [0, 0.1) is 0 Å². The van der Waals surface area contributed by atoms with Gasteiger partial charge in [-0.3, -0.25) is 0 Å². The van der Waals surface area contributed by atoms with Crippen molar-refractivity contribution >= 4 is 27.6 Å². The first-order chi connectivity index (χ1) is 14.7. The molecule has 0 radical (unpaired) electrons. The molecule has 3 aromatic rings. The van der Waals surface area contributed by atoms with E-state index < -0.39 is 22.0 Å². The van der Waals surface area contributed by atoms with Crippen molar-refractivity contribution in [2.24, 2.45) is 0 Å². The second-order valence-corrected chi connectivity index (χ2v) is 9.60. The molecule has 3 rings (SSSR count). The minimum atomic E-state index is -3.85. The zero-order chi connectivity index (χ0) is 22.6. The molecular formula is C24H24ClNO4S. The van der Waals surface area contributed by atoms with Crippen molar-refractivity contribution in [1.29, 1.82) is 0 Å². The number of carboxylic acids is 1. The van der Waals surface area contributed by atoms with Crippen molar-refractivity contribution in [3.63, 3.8) is 0 Å². The molecule has 162 valence electrons. The molecule has 0 heterocycles. The maximum absolute atomic E-state index is 13.5. The van der Waals surface area contributed by atoms with Gasteiger partial charge >= 0.3 is 5.97 Å². The second kappa shape index (κ2) is 9.64. The van der Waals surface area contributed by atoms with Gasteiger partial charge in [0.2, 0.25) is 10.0 Å². The summed E-state index contributed by atoms with van der Waals surface area (Å²) in [5.41, 5.74) is 2.89. The third-order valence-electron chi connectivity index (χ3n) is 5.26. The summed E-state index contributed by atoms with van der Waals surface area (Å²) >= 11 is 5.94. The molecule has 0 spiro atoms. The molecule has 5 nitrogen and oxygen atoms in total. The summed E-state index contributed by atoms with van der Waals surface area (Å²) in [6.45, 7) is 4.01. The van der Waals surface area contributed by atoms with Crippen LogP contribution in [0.15, 0.2) is 77.7 Å². The minimum Gasteiger partial charge on any atom is -0.478 e. The van der Waals surface area contributed by atoms with Gasteiger partial charge in [-0.1, -0.05) is 54.9 Å². The van der Waals surface area contributed by atoms with Crippen LogP contribution in [-0.2, 0) is 23.0 Å². The first kappa shape index (κ1) is 23.0. The molecule has 0 fully saturated rings. The lowest BCUT2D eigenvalue weighted by Crippen LogP contribution is -2.33. The van der Waals surface area contributed by atoms with Crippen molar-refractivity contribution in [1.82, 2.24) is 4.31 Å². The van der Waals surface area contributed by atoms with Crippen molar-refractivity contribution in [3.8, 4) is 0 Å². The number of benzene rings is 3. The van der Waals surface area contributed by atoms with Crippen LogP contribution in [0.3, 0.4) is 0 Å². The van der Waals surface area contributed by atoms with Crippen molar-refractivity contribution < 1.29 is 18.3 Å². The van der Waals surface area contributed by atoms with E-state index in [4.69, 9.17) is 16.7 Å². The summed E-state index contributed by atoms with van der Waals surface area (Å²) in [6.07, 6.45) is 0.900. The highest BCUT2D eigenvalue weighted by atomic mass is 35.5. The SMILES string of the molecule is CCc1ccc(C(C)N(Cc2ccc(C(=O)O)cc2)S(=O)(=O)c2ccc(Cl)cc2)cc1. The third kappa shape index (κ3) is 5.34. The molecule has 0 aliphatic heterocycles. The summed E-state index contributed by atoms with van der Waals surface area (Å²) in [5, 5.41) is 9.58. The number of sulfonamides is 1. The topological polar surface area (TPSA) is 74.7 Å². The largest absolute Gasteiger partial charge is 0.478 e. The van der Waals surface area contributed by atoms with Gasteiger partial charge in [0.15, 0.2) is 0 Å². The Morgan fingerprint density at radius 2 is 1.48 bits per heavy atom. The van der Waals surface area contributed by atoms with Gasteiger partial charge in [-0.2, -0.15) is 4.31 Å². The zero-order valence-electron chi connectivity index (χ0n) is 17.3. The van der Waals surface area contributed by atoms with E-state index in [1.807, 2.05) is 31.2 Å². The molecule has 31 heavy (non-hydrogen) atoms. The molecule has 0 bridgehead atoms. The first-order valence-corrected chi connectivity index (χ1v) is 11.7. The fourth-order valence-electron chi connectivity index (χ4n) is 3.30. The lowest BCUT2D eigenvalue weighted by molar-refractivity contribution is 0.0697. The van der Waals surface area contributed by atoms with Crippen LogP contribution in [0.2, 0.25) is 5.02 Å². The number of halogens is 1. The number of carboxylic acid groups (broad SMARTS) is 1. The monoisotopic (exact) mass is 457 g/mol. The van der Waals surface area contributed by atoms with Gasteiger partial charge in [-0.05, 0) is 66.4 Å². The number of hydrogen-bond donors (Lipinski definition) is 1. The molecule has 0 amide bonds. The van der Waals surface area contributed by atoms with Crippen LogP contribution in [-0.4, -0.2) is 23.8 Å². The predicted molar refractivity (Wildman–Crippen MR) is 122 cm³/mol. The molecule has 0 saturated heterocycles. The highest BCUT2D eigenvalue weighted by Crippen LogP contribution is 2.30. The normalized spacial score (nSPS) is 12.6. The summed E-state index contributed by atoms with van der Waals surface area (Å²) in [4.78, 5) is 11.3. The smallest absolute Gasteiger partial charge is 0.335 e. The standard InChI is InChI=1S/C24H24ClNO4S/c1-3-18-4-8-20(9-5-18)17(2)26(16-19-6-10-21(11-7-19)24(27)28)31(29,30)23-14-12-22(25)13-15-23/h4-15,17H,3,16H2,1-2H3,(H,27,28). The van der Waals surface area contributed by atoms with Crippen molar-refractivity contribution in [2.75, 3.05) is 0 Å². The number of rotatable bonds is 8. The average Bonchev–Trinajstić information content (AvgIpc) is 2.77. The molecule has 1 atom stereocenters. The highest BCUT2D eigenvalue weighted by molar-refractivity contribution is 7.89. The van der Waals surface area contributed by atoms with E-state index in [2.05, 4.69) is 6.92 Å². The summed E-state index contributed by atoms with van der Waals surface area (Å²) in [7, 11) is -3.85. The summed E-state index contributed by atoms with van der Waals surface area (Å²) < 4.78 is 28.5. The van der Waals surface area contributed by atoms with Crippen LogP contribution in [0.4, 0.5) is 0 Å². The third-order valence-corrected chi connectivity index (χ3v) is 7.44. The van der Waals surface area contributed by atoms with Crippen LogP contribution in [0.1, 0.15) is 46.9 Å². The Balaban J connectivity index is 2.01. The van der Waals surface area contributed by atoms with Gasteiger partial charge in [-0.25, -0.2) is 13.2 Å². The Bertz CT molecular complexity index is 1140. The maximum atomic E-state index is 13.5. The number of aromatic carboxylic acids is 1. The van der Waals surface area contributed by atoms with Gasteiger partial charge in [0.25, 0.3) is 0 Å². The summed E-state index contributed by atoms with van der Waals surface area (Å²) in [5.74, 6) is -1.03. The van der Waals surface area contributed by atoms with Crippen LogP contribution < -0.4 is 0 Å². The van der Waals surface area contributed by atoms with E-state index in [1.54, 1.807) is 24.3 Å². The Hall–Kier alpha value is -2.67. The fraction of sp³-hybridized carbons (Fsp3) is 0.208. The van der Waals surface area contributed by atoms with Gasteiger partial charge in [0, 0.05) is 17.6 Å². The van der Waals surface area contributed by atoms with E-state index in [1.165, 1.54) is 34.1 Å². The Morgan fingerprint density at radius 1 is 0.935 bits per heavy atom. The molecule has 7 heteroatoms. The van der Waals surface area contributed by atoms with Gasteiger partial charge in [0.05, 0.1) is 10.5 Å². The second-order valence-electron chi connectivity index (χ2n) is 7.28. The molecule has 0 aromatic heterocycles. The quantitative estimate of drug-likeness (QED) is 0.481. The number of hydrogen-bond acceptors (Lipinski definition) is 3. The lowest BCUT2D eigenvalue weighted by atomic mass is 10.0. The van der Waals surface area contributed by atoms with E-state index >= 15 is 0 Å². The molecular weight excluding hydrogens is 434 g/mol. The van der Waals surface area contributed by atoms with Crippen molar-refractivity contribution in [2.45, 2.75) is 37.8 Å². The summed E-state index contributed by atoms with van der Waals surface area (Å²) in [6, 6.07) is 19.8. The number of carbonyl (C=O) groups is 1. The molecule has 1 unspecified atom stereocenters. The average molecular weight is 458 g/mol. The van der Waals surface area contributed by atoms with Crippen molar-refractivity contribution in [3.05, 3.63) is 100 Å². The highest BCUT2D eigenvalue weighted by Gasteiger charge is 2.30. The fourth-order valence-corrected chi connectivity index (χ4v) is 5.04. The Labute approximate surface area is 188 Å². The van der Waals surface area contributed by atoms with E-state index in [9.17, 15) is 13.2 Å². The maximum Gasteiger partial charge on any atom is 0.335 e. The lowest BCUT2D eigenvalue weighted by Gasteiger charge is -2.29. The van der Waals surface area contributed by atoms with Gasteiger partial charge < -0.3 is 5.11 Å². The van der Waals surface area contributed by atoms with Crippen LogP contribution >= 0.6 is 11.6 Å². The number of aryl methyl sites for hydroxylation is 1. The van der Waals surface area contributed by atoms with E-state index in [0.29, 0.717) is 10.6 Å². The van der Waals surface area contributed by atoms with Gasteiger partial charge in [-0.15, -0.1) is 0 Å². The van der Waals surface area contributed by atoms with E-state index in [-0.39, 0.29) is 17.0 Å².